The van der Waals surface area contributed by atoms with E-state index in [1.54, 1.807) is 0 Å². The molecule has 0 atom stereocenters. The number of carbonyl (C=O) groups is 2. The third kappa shape index (κ3) is 6.54. The summed E-state index contributed by atoms with van der Waals surface area (Å²) >= 11 is 1.27. The van der Waals surface area contributed by atoms with E-state index in [-0.39, 0.29) is 11.7 Å². The van der Waals surface area contributed by atoms with Gasteiger partial charge in [0.25, 0.3) is 0 Å². The molecule has 0 unspecified atom stereocenters. The molecule has 0 aromatic carbocycles. The number of rotatable bonds is 8. The molecule has 0 spiro atoms. The zero-order valence-corrected chi connectivity index (χ0v) is 13.2. The fraction of sp³-hybridized carbons (Fsp3) is 0.615. The Balaban J connectivity index is 2.25. The highest BCUT2D eigenvalue weighted by Gasteiger charge is 2.18. The van der Waals surface area contributed by atoms with Crippen LogP contribution >= 0.6 is 11.3 Å². The van der Waals surface area contributed by atoms with Crippen LogP contribution in [0.25, 0.3) is 0 Å². The van der Waals surface area contributed by atoms with Crippen molar-refractivity contribution in [2.24, 2.45) is 0 Å². The summed E-state index contributed by atoms with van der Waals surface area (Å²) < 4.78 is 5.47. The summed E-state index contributed by atoms with van der Waals surface area (Å²) in [5.41, 5.74) is -0.365. The molecule has 1 rings (SSSR count). The van der Waals surface area contributed by atoms with Gasteiger partial charge in [-0.25, -0.2) is 14.6 Å². The van der Waals surface area contributed by atoms with Crippen molar-refractivity contribution >= 4 is 23.3 Å². The SMILES string of the molecule is CCOC(C)(C)CNC(=O)NCCc1nc(C(=O)O)cs1. The maximum atomic E-state index is 11.6. The van der Waals surface area contributed by atoms with Crippen LogP contribution in [-0.2, 0) is 11.2 Å². The number of urea groups is 1. The van der Waals surface area contributed by atoms with Gasteiger partial charge in [-0.2, -0.15) is 0 Å². The van der Waals surface area contributed by atoms with Crippen molar-refractivity contribution in [2.45, 2.75) is 32.8 Å². The third-order valence-electron chi connectivity index (χ3n) is 2.61. The zero-order valence-electron chi connectivity index (χ0n) is 12.4. The molecule has 0 saturated heterocycles. The summed E-state index contributed by atoms with van der Waals surface area (Å²) in [5, 5.41) is 16.4. The van der Waals surface area contributed by atoms with E-state index in [2.05, 4.69) is 15.6 Å². The summed E-state index contributed by atoms with van der Waals surface area (Å²) in [6.45, 7) is 7.10. The number of hydrogen-bond donors (Lipinski definition) is 3. The minimum atomic E-state index is -1.04. The van der Waals surface area contributed by atoms with Gasteiger partial charge in [0, 0.05) is 31.5 Å². The first-order chi connectivity index (χ1) is 9.84. The van der Waals surface area contributed by atoms with Crippen LogP contribution in [0, 0.1) is 0 Å². The molecule has 1 aromatic rings. The van der Waals surface area contributed by atoms with Crippen molar-refractivity contribution < 1.29 is 19.4 Å². The van der Waals surface area contributed by atoms with Gasteiger partial charge in [-0.1, -0.05) is 0 Å². The molecule has 21 heavy (non-hydrogen) atoms. The molecular formula is C13H21N3O4S. The summed E-state index contributed by atoms with van der Waals surface area (Å²) in [7, 11) is 0. The van der Waals surface area contributed by atoms with Crippen molar-refractivity contribution in [3.8, 4) is 0 Å². The van der Waals surface area contributed by atoms with Gasteiger partial charge in [0.1, 0.15) is 0 Å². The van der Waals surface area contributed by atoms with Gasteiger partial charge >= 0.3 is 12.0 Å². The van der Waals surface area contributed by atoms with Gasteiger partial charge in [-0.3, -0.25) is 0 Å². The number of carbonyl (C=O) groups excluding carboxylic acids is 1. The number of carboxylic acid groups (broad SMARTS) is 1. The summed E-state index contributed by atoms with van der Waals surface area (Å²) in [6, 6.07) is -0.280. The molecule has 0 aliphatic heterocycles. The first-order valence-corrected chi connectivity index (χ1v) is 7.55. The molecule has 0 aliphatic carbocycles. The Labute approximate surface area is 127 Å². The van der Waals surface area contributed by atoms with Crippen molar-refractivity contribution in [3.05, 3.63) is 16.1 Å². The average Bonchev–Trinajstić information content (AvgIpc) is 2.85. The molecule has 1 aromatic heterocycles. The zero-order chi connectivity index (χ0) is 15.9. The van der Waals surface area contributed by atoms with Crippen molar-refractivity contribution in [3.63, 3.8) is 0 Å². The minimum absolute atomic E-state index is 0.0397. The van der Waals surface area contributed by atoms with Crippen molar-refractivity contribution in [2.75, 3.05) is 19.7 Å². The van der Waals surface area contributed by atoms with Crippen LogP contribution in [0.3, 0.4) is 0 Å². The number of nitrogens with one attached hydrogen (secondary N) is 2. The summed E-state index contributed by atoms with van der Waals surface area (Å²) in [6.07, 6.45) is 0.500. The van der Waals surface area contributed by atoms with E-state index < -0.39 is 11.6 Å². The van der Waals surface area contributed by atoms with Crippen molar-refractivity contribution in [1.29, 1.82) is 0 Å². The molecule has 1 heterocycles. The Morgan fingerprint density at radius 3 is 2.71 bits per heavy atom. The lowest BCUT2D eigenvalue weighted by Crippen LogP contribution is -2.45. The maximum absolute atomic E-state index is 11.6. The smallest absolute Gasteiger partial charge is 0.355 e. The van der Waals surface area contributed by atoms with Gasteiger partial charge in [0.05, 0.1) is 10.6 Å². The second-order valence-electron chi connectivity index (χ2n) is 4.98. The second kappa shape index (κ2) is 7.94. The Morgan fingerprint density at radius 1 is 1.43 bits per heavy atom. The van der Waals surface area contributed by atoms with Crippen LogP contribution in [0.4, 0.5) is 4.79 Å². The summed E-state index contributed by atoms with van der Waals surface area (Å²) in [4.78, 5) is 26.2. The van der Waals surface area contributed by atoms with Crippen LogP contribution < -0.4 is 10.6 Å². The van der Waals surface area contributed by atoms with Gasteiger partial charge < -0.3 is 20.5 Å². The third-order valence-corrected chi connectivity index (χ3v) is 3.51. The maximum Gasteiger partial charge on any atom is 0.355 e. The highest BCUT2D eigenvalue weighted by molar-refractivity contribution is 7.09. The van der Waals surface area contributed by atoms with Gasteiger partial charge in [-0.15, -0.1) is 11.3 Å². The fourth-order valence-corrected chi connectivity index (χ4v) is 2.38. The molecule has 0 aliphatic rings. The molecular weight excluding hydrogens is 294 g/mol. The normalized spacial score (nSPS) is 11.2. The molecule has 118 valence electrons. The lowest BCUT2D eigenvalue weighted by Gasteiger charge is -2.24. The number of aromatic nitrogens is 1. The molecule has 0 radical (unpaired) electrons. The number of carboxylic acids is 1. The first-order valence-electron chi connectivity index (χ1n) is 6.67. The lowest BCUT2D eigenvalue weighted by atomic mass is 10.1. The molecule has 8 heteroatoms. The van der Waals surface area contributed by atoms with E-state index >= 15 is 0 Å². The Morgan fingerprint density at radius 2 is 2.14 bits per heavy atom. The topological polar surface area (TPSA) is 101 Å². The van der Waals surface area contributed by atoms with E-state index in [0.29, 0.717) is 31.1 Å². The van der Waals surface area contributed by atoms with E-state index in [4.69, 9.17) is 9.84 Å². The number of ether oxygens (including phenoxy) is 1. The second-order valence-corrected chi connectivity index (χ2v) is 5.93. The molecule has 7 nitrogen and oxygen atoms in total. The quantitative estimate of drug-likeness (QED) is 0.675. The van der Waals surface area contributed by atoms with Gasteiger partial charge in [0.15, 0.2) is 5.69 Å². The average molecular weight is 315 g/mol. The van der Waals surface area contributed by atoms with Gasteiger partial charge in [-0.05, 0) is 20.8 Å². The predicted octanol–water partition coefficient (Wildman–Crippen LogP) is 1.50. The monoisotopic (exact) mass is 315 g/mol. The van der Waals surface area contributed by atoms with Crippen LogP contribution in [-0.4, -0.2) is 47.4 Å². The van der Waals surface area contributed by atoms with Crippen LogP contribution in [0.2, 0.25) is 0 Å². The minimum Gasteiger partial charge on any atom is -0.476 e. The number of nitrogens with zero attached hydrogens (tertiary/aromatic N) is 1. The highest BCUT2D eigenvalue weighted by atomic mass is 32.1. The fourth-order valence-electron chi connectivity index (χ4n) is 1.60. The molecule has 3 N–H and O–H groups in total. The predicted molar refractivity (Wildman–Crippen MR) is 79.9 cm³/mol. The Bertz CT molecular complexity index is 488. The van der Waals surface area contributed by atoms with Crippen LogP contribution in [0.1, 0.15) is 36.3 Å². The molecule has 0 bridgehead atoms. The van der Waals surface area contributed by atoms with Crippen LogP contribution in [0.5, 0.6) is 0 Å². The Hall–Kier alpha value is -1.67. The lowest BCUT2D eigenvalue weighted by molar-refractivity contribution is -0.00689. The highest BCUT2D eigenvalue weighted by Crippen LogP contribution is 2.10. The number of amides is 2. The number of aromatic carboxylic acids is 1. The van der Waals surface area contributed by atoms with E-state index in [1.165, 1.54) is 16.7 Å². The number of thiazole rings is 1. The molecule has 0 saturated carbocycles. The van der Waals surface area contributed by atoms with Crippen molar-refractivity contribution in [1.82, 2.24) is 15.6 Å². The standard InChI is InChI=1S/C13H21N3O4S/c1-4-20-13(2,3)8-15-12(19)14-6-5-10-16-9(7-21-10)11(17)18/h7H,4-6,8H2,1-3H3,(H,17,18)(H2,14,15,19). The number of hydrogen-bond acceptors (Lipinski definition) is 5. The van der Waals surface area contributed by atoms with E-state index in [0.717, 1.165) is 0 Å². The molecule has 0 fully saturated rings. The first kappa shape index (κ1) is 17.4. The van der Waals surface area contributed by atoms with E-state index in [9.17, 15) is 9.59 Å². The summed E-state index contributed by atoms with van der Waals surface area (Å²) in [5.74, 6) is -1.04. The molecule has 2 amide bonds. The van der Waals surface area contributed by atoms with Gasteiger partial charge in [0.2, 0.25) is 0 Å². The van der Waals surface area contributed by atoms with E-state index in [1.807, 2.05) is 20.8 Å². The Kier molecular flexibility index (Phi) is 6.57. The largest absolute Gasteiger partial charge is 0.476 e. The van der Waals surface area contributed by atoms with Crippen LogP contribution in [0.15, 0.2) is 5.38 Å².